The van der Waals surface area contributed by atoms with Gasteiger partial charge in [-0.25, -0.2) is 19.3 Å². The van der Waals surface area contributed by atoms with Crippen molar-refractivity contribution in [2.75, 3.05) is 24.3 Å². The molecule has 0 amide bonds. The minimum absolute atomic E-state index is 0.0234. The number of hydrogen-bond acceptors (Lipinski definition) is 6. The highest BCUT2D eigenvalue weighted by atomic mass is 19.1. The van der Waals surface area contributed by atoms with Gasteiger partial charge < -0.3 is 15.7 Å². The Bertz CT molecular complexity index is 886. The fourth-order valence-corrected chi connectivity index (χ4v) is 2.42. The predicted octanol–water partition coefficient (Wildman–Crippen LogP) is 2.23. The quantitative estimate of drug-likeness (QED) is 0.764. The summed E-state index contributed by atoms with van der Waals surface area (Å²) in [6.45, 7) is 1.83. The summed E-state index contributed by atoms with van der Waals surface area (Å²) in [7, 11) is 1.80. The molecule has 6 nitrogen and oxygen atoms in total. The first-order valence-corrected chi connectivity index (χ1v) is 7.51. The number of pyridine rings is 1. The molecule has 0 fully saturated rings. The van der Waals surface area contributed by atoms with Crippen molar-refractivity contribution in [3.63, 3.8) is 0 Å². The summed E-state index contributed by atoms with van der Waals surface area (Å²) in [6, 6.07) is 8.07. The van der Waals surface area contributed by atoms with Gasteiger partial charge in [-0.15, -0.1) is 0 Å². The number of aromatic nitrogens is 3. The fourth-order valence-electron chi connectivity index (χ4n) is 2.42. The van der Waals surface area contributed by atoms with Crippen molar-refractivity contribution >= 4 is 22.5 Å². The number of aliphatic hydroxyl groups excluding tert-OH is 1. The van der Waals surface area contributed by atoms with Crippen LogP contribution in [-0.4, -0.2) is 39.8 Å². The van der Waals surface area contributed by atoms with Crippen molar-refractivity contribution < 1.29 is 9.50 Å². The molecule has 0 saturated carbocycles. The number of nitrogens with zero attached hydrogens (tertiary/aromatic N) is 4. The highest BCUT2D eigenvalue weighted by Gasteiger charge is 2.13. The van der Waals surface area contributed by atoms with Crippen molar-refractivity contribution in [2.24, 2.45) is 0 Å². The lowest BCUT2D eigenvalue weighted by Gasteiger charge is -2.26. The normalized spacial score (nSPS) is 12.3. The van der Waals surface area contributed by atoms with E-state index in [1.165, 1.54) is 18.5 Å². The molecule has 0 aliphatic carbocycles. The highest BCUT2D eigenvalue weighted by Crippen LogP contribution is 2.27. The van der Waals surface area contributed by atoms with Gasteiger partial charge in [0.05, 0.1) is 17.8 Å². The van der Waals surface area contributed by atoms with E-state index in [1.807, 2.05) is 17.9 Å². The molecule has 0 aliphatic heterocycles. The molecule has 124 valence electrons. The second-order valence-electron chi connectivity index (χ2n) is 5.66. The van der Waals surface area contributed by atoms with Gasteiger partial charge in [0.2, 0.25) is 0 Å². The number of halogens is 1. The fraction of sp³-hybridized carbons (Fsp3) is 0.235. The number of hydrogen-bond donors (Lipinski definition) is 2. The van der Waals surface area contributed by atoms with Crippen LogP contribution in [0.15, 0.2) is 36.7 Å². The minimum atomic E-state index is -0.376. The molecule has 7 heteroatoms. The van der Waals surface area contributed by atoms with Crippen LogP contribution in [-0.2, 0) is 0 Å². The first-order valence-electron chi connectivity index (χ1n) is 7.51. The summed E-state index contributed by atoms with van der Waals surface area (Å²) in [5.74, 6) is -0.0943. The molecule has 0 aliphatic rings. The Kier molecular flexibility index (Phi) is 4.26. The van der Waals surface area contributed by atoms with Gasteiger partial charge in [-0.3, -0.25) is 0 Å². The molecule has 2 aromatic heterocycles. The van der Waals surface area contributed by atoms with E-state index in [9.17, 15) is 9.50 Å². The van der Waals surface area contributed by atoms with Crippen LogP contribution >= 0.6 is 0 Å². The van der Waals surface area contributed by atoms with E-state index >= 15 is 0 Å². The standard InChI is InChI=1S/C17H18FN5O/c1-10(8-24)23(2)13-6-11(5-12(18)7-13)14-3-4-15-16(22-14)17(19)21-9-20-15/h3-7,9-10,24H,8H2,1-2H3,(H2,19,20,21). The summed E-state index contributed by atoms with van der Waals surface area (Å²) < 4.78 is 14.1. The number of aliphatic hydroxyl groups is 1. The van der Waals surface area contributed by atoms with E-state index in [0.717, 1.165) is 0 Å². The van der Waals surface area contributed by atoms with Gasteiger partial charge in [0, 0.05) is 24.3 Å². The van der Waals surface area contributed by atoms with Gasteiger partial charge in [-0.05, 0) is 37.3 Å². The molecule has 3 rings (SSSR count). The number of benzene rings is 1. The van der Waals surface area contributed by atoms with Crippen LogP contribution in [0.3, 0.4) is 0 Å². The van der Waals surface area contributed by atoms with Gasteiger partial charge in [0.1, 0.15) is 17.7 Å². The Balaban J connectivity index is 2.09. The van der Waals surface area contributed by atoms with Crippen LogP contribution in [0, 0.1) is 5.82 Å². The van der Waals surface area contributed by atoms with Crippen molar-refractivity contribution in [1.82, 2.24) is 15.0 Å². The maximum Gasteiger partial charge on any atom is 0.153 e. The largest absolute Gasteiger partial charge is 0.394 e. The zero-order valence-electron chi connectivity index (χ0n) is 13.4. The zero-order valence-corrected chi connectivity index (χ0v) is 13.4. The maximum atomic E-state index is 14.1. The Hall–Kier alpha value is -2.80. The monoisotopic (exact) mass is 327 g/mol. The topological polar surface area (TPSA) is 88.2 Å². The average molecular weight is 327 g/mol. The smallest absolute Gasteiger partial charge is 0.153 e. The van der Waals surface area contributed by atoms with E-state index in [2.05, 4.69) is 15.0 Å². The Morgan fingerprint density at radius 2 is 2.04 bits per heavy atom. The van der Waals surface area contributed by atoms with Crippen molar-refractivity contribution in [1.29, 1.82) is 0 Å². The van der Waals surface area contributed by atoms with Crippen LogP contribution in [0.4, 0.5) is 15.9 Å². The number of fused-ring (bicyclic) bond motifs is 1. The van der Waals surface area contributed by atoms with Gasteiger partial charge in [0.25, 0.3) is 0 Å². The summed E-state index contributed by atoms with van der Waals surface area (Å²) >= 11 is 0. The lowest BCUT2D eigenvalue weighted by molar-refractivity contribution is 0.270. The summed E-state index contributed by atoms with van der Waals surface area (Å²) in [6.07, 6.45) is 1.38. The lowest BCUT2D eigenvalue weighted by Crippen LogP contribution is -2.31. The third-order valence-corrected chi connectivity index (χ3v) is 4.02. The van der Waals surface area contributed by atoms with Crippen molar-refractivity contribution in [3.05, 3.63) is 42.5 Å². The van der Waals surface area contributed by atoms with Gasteiger partial charge in [0.15, 0.2) is 5.82 Å². The van der Waals surface area contributed by atoms with Gasteiger partial charge in [-0.1, -0.05) is 0 Å². The number of nitrogen functional groups attached to an aromatic ring is 1. The molecule has 3 N–H and O–H groups in total. The van der Waals surface area contributed by atoms with E-state index < -0.39 is 0 Å². The lowest BCUT2D eigenvalue weighted by atomic mass is 10.1. The predicted molar refractivity (Wildman–Crippen MR) is 92.1 cm³/mol. The van der Waals surface area contributed by atoms with Crippen molar-refractivity contribution in [3.8, 4) is 11.3 Å². The second kappa shape index (κ2) is 6.37. The Labute approximate surface area is 138 Å². The zero-order chi connectivity index (χ0) is 17.3. The first kappa shape index (κ1) is 16.1. The van der Waals surface area contributed by atoms with Crippen LogP contribution in [0.5, 0.6) is 0 Å². The van der Waals surface area contributed by atoms with Gasteiger partial charge >= 0.3 is 0 Å². The Morgan fingerprint density at radius 3 is 2.79 bits per heavy atom. The molecular weight excluding hydrogens is 309 g/mol. The molecule has 3 aromatic rings. The molecule has 0 spiro atoms. The number of likely N-dealkylation sites (N-methyl/N-ethyl adjacent to an activating group) is 1. The van der Waals surface area contributed by atoms with E-state index in [0.29, 0.717) is 28.0 Å². The molecule has 1 atom stereocenters. The second-order valence-corrected chi connectivity index (χ2v) is 5.66. The molecule has 2 heterocycles. The van der Waals surface area contributed by atoms with E-state index in [4.69, 9.17) is 5.73 Å². The van der Waals surface area contributed by atoms with Crippen molar-refractivity contribution in [2.45, 2.75) is 13.0 Å². The number of rotatable bonds is 4. The highest BCUT2D eigenvalue weighted by molar-refractivity contribution is 5.86. The summed E-state index contributed by atoms with van der Waals surface area (Å²) in [5.41, 5.74) is 8.82. The van der Waals surface area contributed by atoms with Gasteiger partial charge in [-0.2, -0.15) is 0 Å². The van der Waals surface area contributed by atoms with E-state index in [-0.39, 0.29) is 24.3 Å². The third kappa shape index (κ3) is 2.98. The third-order valence-electron chi connectivity index (χ3n) is 4.02. The molecule has 0 radical (unpaired) electrons. The maximum absolute atomic E-state index is 14.1. The first-order chi connectivity index (χ1) is 11.5. The number of anilines is 2. The molecular formula is C17H18FN5O. The number of nitrogens with two attached hydrogens (primary N) is 1. The molecule has 1 aromatic carbocycles. The van der Waals surface area contributed by atoms with Crippen LogP contribution < -0.4 is 10.6 Å². The molecule has 1 unspecified atom stereocenters. The summed E-state index contributed by atoms with van der Waals surface area (Å²) in [4.78, 5) is 14.3. The van der Waals surface area contributed by atoms with Crippen LogP contribution in [0.2, 0.25) is 0 Å². The van der Waals surface area contributed by atoms with Crippen LogP contribution in [0.1, 0.15) is 6.92 Å². The Morgan fingerprint density at radius 1 is 1.25 bits per heavy atom. The SMILES string of the molecule is CC(CO)N(C)c1cc(F)cc(-c2ccc3ncnc(N)c3n2)c1. The summed E-state index contributed by atoms with van der Waals surface area (Å²) in [5, 5.41) is 9.30. The molecule has 0 saturated heterocycles. The van der Waals surface area contributed by atoms with Crippen LogP contribution in [0.25, 0.3) is 22.3 Å². The minimum Gasteiger partial charge on any atom is -0.394 e. The molecule has 0 bridgehead atoms. The molecule has 24 heavy (non-hydrogen) atoms. The van der Waals surface area contributed by atoms with E-state index in [1.54, 1.807) is 19.2 Å². The average Bonchev–Trinajstić information content (AvgIpc) is 2.60.